The van der Waals surface area contributed by atoms with E-state index < -0.39 is 48.2 Å². The zero-order valence-electron chi connectivity index (χ0n) is 23.8. The Bertz CT molecular complexity index is 1060. The molecule has 0 saturated carbocycles. The molecule has 0 fully saturated rings. The van der Waals surface area contributed by atoms with Crippen LogP contribution in [-0.2, 0) is 36.0 Å². The number of carboxylic acid groups (broad SMARTS) is 2. The Balaban J connectivity index is -0.000000104. The fraction of sp³-hybridized carbons (Fsp3) is 0.364. The molecule has 0 saturated heterocycles. The van der Waals surface area contributed by atoms with Gasteiger partial charge < -0.3 is 68.7 Å². The molecule has 0 amide bonds. The number of aliphatic imine (C=N–C) groups is 2. The van der Waals surface area contributed by atoms with E-state index in [0.717, 1.165) is 26.2 Å². The van der Waals surface area contributed by atoms with E-state index >= 15 is 0 Å². The number of ketones is 2. The summed E-state index contributed by atoms with van der Waals surface area (Å²) < 4.78 is 0. The molecule has 2 aliphatic rings. The fourth-order valence-corrected chi connectivity index (χ4v) is 2.40. The quantitative estimate of drug-likeness (QED) is 0.0673. The Morgan fingerprint density at radius 1 is 0.744 bits per heavy atom. The summed E-state index contributed by atoms with van der Waals surface area (Å²) in [7, 11) is 0. The number of rotatable bonds is 8. The van der Waals surface area contributed by atoms with Crippen LogP contribution in [0, 0.1) is 0 Å². The number of aliphatic hydroxyl groups is 4. The smallest absolute Gasteiger partial charge is 0.478 e. The maximum atomic E-state index is 11.8. The normalized spacial score (nSPS) is 17.7. The molecule has 2 unspecified atom stereocenters. The van der Waals surface area contributed by atoms with E-state index in [0.29, 0.717) is 0 Å². The van der Waals surface area contributed by atoms with Crippen LogP contribution in [0.3, 0.4) is 0 Å². The first-order valence-electron chi connectivity index (χ1n) is 10.2. The number of hydrogen-bond donors (Lipinski definition) is 8. The molecule has 0 aromatic rings. The molecule has 0 aromatic heterocycles. The van der Waals surface area contributed by atoms with Gasteiger partial charge in [0.05, 0.1) is 24.6 Å². The topological polar surface area (TPSA) is 396 Å². The van der Waals surface area contributed by atoms with Crippen LogP contribution < -0.4 is 40.2 Å². The number of carbonyl (C=O) groups excluding carboxylic acids is 2. The number of aliphatic carboxylic acids is 2. The van der Waals surface area contributed by atoms with Gasteiger partial charge in [-0.05, 0) is 27.7 Å². The monoisotopic (exact) mass is 680 g/mol. The molecule has 0 spiro atoms. The Labute approximate surface area is 277 Å². The standard InChI is InChI=1S/2C11H14N2O5.Co.Na.5H2O/c2*1-6-9(15)8(7(5-14)3-12-6)4-13-11(2,18)10(16)17;;;;;;;/h2*3-4,13-14,18H,5H2,1-2H3,(H,16,17);;;5*1H2/q;;;+1;;;;;/b2*8-4-;;;;;;;. The van der Waals surface area contributed by atoms with Gasteiger partial charge in [0.25, 0.3) is 0 Å². The van der Waals surface area contributed by atoms with Gasteiger partial charge in [0.15, 0.2) is 0 Å². The molecule has 2 atom stereocenters. The molecule has 0 aliphatic carbocycles. The molecule has 2 aliphatic heterocycles. The maximum Gasteiger partial charge on any atom is 1.00 e. The predicted molar refractivity (Wildman–Crippen MR) is 144 cm³/mol. The summed E-state index contributed by atoms with van der Waals surface area (Å²) in [6, 6.07) is 0. The van der Waals surface area contributed by atoms with Crippen molar-refractivity contribution in [2.75, 3.05) is 13.2 Å². The minimum absolute atomic E-state index is 0. The number of carboxylic acids is 2. The second-order valence-corrected chi connectivity index (χ2v) is 7.87. The van der Waals surface area contributed by atoms with Crippen molar-refractivity contribution in [3.63, 3.8) is 0 Å². The van der Waals surface area contributed by atoms with Crippen LogP contribution in [-0.4, -0.2) is 118 Å². The predicted octanol–water partition coefficient (Wildman–Crippen LogP) is -8.78. The van der Waals surface area contributed by atoms with Crippen molar-refractivity contribution in [1.82, 2.24) is 10.6 Å². The fourth-order valence-electron chi connectivity index (χ4n) is 2.40. The van der Waals surface area contributed by atoms with Crippen LogP contribution in [0.25, 0.3) is 0 Å². The number of hydrogen-bond acceptors (Lipinski definition) is 12. The second kappa shape index (κ2) is 23.7. The Kier molecular flexibility index (Phi) is 31.0. The molecular weight excluding hydrogens is 642 g/mol. The van der Waals surface area contributed by atoms with Gasteiger partial charge in [-0.1, -0.05) is 0 Å². The van der Waals surface area contributed by atoms with Crippen molar-refractivity contribution in [2.24, 2.45) is 9.98 Å². The van der Waals surface area contributed by atoms with E-state index in [4.69, 9.17) is 20.4 Å². The van der Waals surface area contributed by atoms with Crippen LogP contribution in [0.15, 0.2) is 57.1 Å². The third-order valence-electron chi connectivity index (χ3n) is 4.84. The Morgan fingerprint density at radius 3 is 1.21 bits per heavy atom. The van der Waals surface area contributed by atoms with Gasteiger partial charge in [-0.25, -0.2) is 9.59 Å². The number of aliphatic hydroxyl groups excluding tert-OH is 2. The molecule has 0 aromatic carbocycles. The third kappa shape index (κ3) is 15.6. The zero-order chi connectivity index (χ0) is 27.8. The van der Waals surface area contributed by atoms with Gasteiger partial charge in [-0.15, -0.1) is 0 Å². The first-order chi connectivity index (χ1) is 16.6. The van der Waals surface area contributed by atoms with E-state index in [1.54, 1.807) is 0 Å². The first kappa shape index (κ1) is 56.2. The van der Waals surface area contributed by atoms with Crippen LogP contribution in [0.2, 0.25) is 0 Å². The van der Waals surface area contributed by atoms with E-state index in [-0.39, 0.29) is 107 Å². The van der Waals surface area contributed by atoms with Crippen LogP contribution >= 0.6 is 0 Å². The molecule has 2 heterocycles. The maximum absolute atomic E-state index is 11.8. The van der Waals surface area contributed by atoms with E-state index in [1.165, 1.54) is 26.2 Å². The number of Topliss-reactive ketones (excluding diaryl/α,β-unsaturated/α-hetero) is 2. The van der Waals surface area contributed by atoms with Gasteiger partial charge in [0.2, 0.25) is 23.0 Å². The van der Waals surface area contributed by atoms with Crippen molar-refractivity contribution < 1.29 is 124 Å². The molecule has 1 radical (unpaired) electrons. The van der Waals surface area contributed by atoms with Gasteiger partial charge in [-0.3, -0.25) is 19.6 Å². The SMILES string of the molecule is CC1=NC=C(CO)/C(=C/NC(C)(O)C(=O)O)C1=O.CC1=NC=C(CO)/C(=C/NC(C)(O)C(=O)O)C1=O.O.O.O.O.O.[Co].[Na+]. The minimum Gasteiger partial charge on any atom is -0.478 e. The first-order valence-corrected chi connectivity index (χ1v) is 10.2. The molecule has 245 valence electrons. The average Bonchev–Trinajstić information content (AvgIpc) is 2.81. The molecule has 2 rings (SSSR count). The Hall–Kier alpha value is -2.67. The van der Waals surface area contributed by atoms with Crippen molar-refractivity contribution in [1.29, 1.82) is 0 Å². The minimum atomic E-state index is -2.20. The summed E-state index contributed by atoms with van der Waals surface area (Å²) in [5, 5.41) is 58.9. The largest absolute Gasteiger partial charge is 1.00 e. The van der Waals surface area contributed by atoms with Crippen molar-refractivity contribution in [2.45, 2.75) is 39.1 Å². The van der Waals surface area contributed by atoms with Gasteiger partial charge in [0, 0.05) is 63.9 Å². The number of carbonyl (C=O) groups is 4. The molecule has 21 heteroatoms. The van der Waals surface area contributed by atoms with E-state index in [2.05, 4.69) is 20.6 Å². The van der Waals surface area contributed by atoms with Crippen LogP contribution in [0.5, 0.6) is 0 Å². The second-order valence-electron chi connectivity index (χ2n) is 7.87. The summed E-state index contributed by atoms with van der Waals surface area (Å²) >= 11 is 0. The zero-order valence-corrected chi connectivity index (χ0v) is 26.8. The summed E-state index contributed by atoms with van der Waals surface area (Å²) in [5.74, 6) is -3.84. The molecule has 0 bridgehead atoms. The molecule has 18 N–H and O–H groups in total. The van der Waals surface area contributed by atoms with Gasteiger partial charge >= 0.3 is 41.5 Å². The molecular formula is C22H38CoN4NaO15+. The van der Waals surface area contributed by atoms with E-state index in [9.17, 15) is 29.4 Å². The summed E-state index contributed by atoms with van der Waals surface area (Å²) in [5.41, 5.74) is -3.31. The summed E-state index contributed by atoms with van der Waals surface area (Å²) in [6.07, 6.45) is 4.77. The summed E-state index contributed by atoms with van der Waals surface area (Å²) in [4.78, 5) is 52.5. The third-order valence-corrected chi connectivity index (χ3v) is 4.84. The van der Waals surface area contributed by atoms with E-state index in [1.807, 2.05) is 0 Å². The Morgan fingerprint density at radius 2 is 1.00 bits per heavy atom. The van der Waals surface area contributed by atoms with Crippen molar-refractivity contribution in [3.8, 4) is 0 Å². The molecule has 19 nitrogen and oxygen atoms in total. The number of nitrogens with one attached hydrogen (secondary N) is 2. The van der Waals surface area contributed by atoms with Gasteiger partial charge in [-0.2, -0.15) is 0 Å². The number of nitrogens with zero attached hydrogens (tertiary/aromatic N) is 2. The van der Waals surface area contributed by atoms with Crippen LogP contribution in [0.4, 0.5) is 0 Å². The van der Waals surface area contributed by atoms with Crippen molar-refractivity contribution in [3.05, 3.63) is 47.1 Å². The average molecular weight is 680 g/mol. The summed E-state index contributed by atoms with van der Waals surface area (Å²) in [6.45, 7) is 4.23. The van der Waals surface area contributed by atoms with Crippen LogP contribution in [0.1, 0.15) is 27.7 Å². The van der Waals surface area contributed by atoms with Gasteiger partial charge in [0.1, 0.15) is 0 Å². The molecule has 43 heavy (non-hydrogen) atoms. The van der Waals surface area contributed by atoms with Crippen molar-refractivity contribution >= 4 is 34.9 Å².